The number of para-hydroxylation sites is 1. The van der Waals surface area contributed by atoms with Crippen molar-refractivity contribution in [2.75, 3.05) is 31.5 Å². The normalized spacial score (nSPS) is 10.3. The highest BCUT2D eigenvalue weighted by Crippen LogP contribution is 2.37. The van der Waals surface area contributed by atoms with Crippen LogP contribution in [-0.4, -0.2) is 38.6 Å². The lowest BCUT2D eigenvalue weighted by atomic mass is 10.1. The van der Waals surface area contributed by atoms with Crippen LogP contribution in [0, 0.1) is 0 Å². The third kappa shape index (κ3) is 7.07. The SMILES string of the molecule is COc1cc(C(=O)OCC(=O)Nc2cc(Cl)ccc2Oc2ccccc2)cc(NC(=O)c2cccs2)c1OC. The highest BCUT2D eigenvalue weighted by molar-refractivity contribution is 7.12. The molecule has 0 saturated heterocycles. The van der Waals surface area contributed by atoms with Crippen molar-refractivity contribution < 1.29 is 33.3 Å². The monoisotopic (exact) mass is 566 g/mol. The van der Waals surface area contributed by atoms with Crippen LogP contribution in [-0.2, 0) is 9.53 Å². The molecule has 0 atom stereocenters. The van der Waals surface area contributed by atoms with Crippen molar-refractivity contribution in [2.24, 2.45) is 0 Å². The first-order valence-electron chi connectivity index (χ1n) is 11.5. The molecule has 4 aromatic rings. The van der Waals surface area contributed by atoms with E-state index in [1.165, 1.54) is 43.8 Å². The summed E-state index contributed by atoms with van der Waals surface area (Å²) in [6.07, 6.45) is 0. The molecule has 2 N–H and O–H groups in total. The fourth-order valence-corrected chi connectivity index (χ4v) is 4.26. The second kappa shape index (κ2) is 12.8. The van der Waals surface area contributed by atoms with E-state index < -0.39 is 18.5 Å². The molecule has 0 bridgehead atoms. The van der Waals surface area contributed by atoms with Crippen LogP contribution >= 0.6 is 22.9 Å². The minimum absolute atomic E-state index is 0.0396. The first kappa shape index (κ1) is 27.5. The number of methoxy groups -OCH3 is 2. The summed E-state index contributed by atoms with van der Waals surface area (Å²) in [5.74, 6) is -0.471. The van der Waals surface area contributed by atoms with E-state index in [1.54, 1.807) is 41.8 Å². The molecule has 0 saturated carbocycles. The van der Waals surface area contributed by atoms with E-state index in [2.05, 4.69) is 10.6 Å². The standard InChI is InChI=1S/C28H23ClN2O7S/c1-35-23-14-17(13-21(26(23)36-2)31-27(33)24-9-6-12-39-24)28(34)37-16-25(32)30-20-15-18(29)10-11-22(20)38-19-7-4-3-5-8-19/h3-15H,16H2,1-2H3,(H,30,32)(H,31,33). The Morgan fingerprint density at radius 2 is 1.64 bits per heavy atom. The molecule has 1 aromatic heterocycles. The molecule has 39 heavy (non-hydrogen) atoms. The van der Waals surface area contributed by atoms with Gasteiger partial charge in [0, 0.05) is 5.02 Å². The molecular formula is C28H23ClN2O7S. The van der Waals surface area contributed by atoms with E-state index in [0.29, 0.717) is 27.1 Å². The van der Waals surface area contributed by atoms with Crippen LogP contribution in [0.5, 0.6) is 23.0 Å². The van der Waals surface area contributed by atoms with Gasteiger partial charge in [0.15, 0.2) is 23.9 Å². The Labute approximate surface area is 233 Å². The van der Waals surface area contributed by atoms with E-state index in [1.807, 2.05) is 18.2 Å². The van der Waals surface area contributed by atoms with E-state index in [0.717, 1.165) is 0 Å². The largest absolute Gasteiger partial charge is 0.493 e. The number of halogens is 1. The van der Waals surface area contributed by atoms with Crippen molar-refractivity contribution in [3.05, 3.63) is 93.6 Å². The van der Waals surface area contributed by atoms with Gasteiger partial charge in [-0.1, -0.05) is 35.9 Å². The summed E-state index contributed by atoms with van der Waals surface area (Å²) in [4.78, 5) is 38.6. The summed E-state index contributed by atoms with van der Waals surface area (Å²) in [6.45, 7) is -0.596. The Morgan fingerprint density at radius 3 is 2.33 bits per heavy atom. The highest BCUT2D eigenvalue weighted by atomic mass is 35.5. The molecule has 0 spiro atoms. The van der Waals surface area contributed by atoms with Crippen molar-refractivity contribution >= 4 is 52.1 Å². The Morgan fingerprint density at radius 1 is 0.846 bits per heavy atom. The molecule has 2 amide bonds. The van der Waals surface area contributed by atoms with Crippen LogP contribution in [0.15, 0.2) is 78.2 Å². The van der Waals surface area contributed by atoms with Gasteiger partial charge >= 0.3 is 5.97 Å². The number of ether oxygens (including phenoxy) is 4. The first-order chi connectivity index (χ1) is 18.9. The van der Waals surface area contributed by atoms with Crippen LogP contribution in [0.25, 0.3) is 0 Å². The van der Waals surface area contributed by atoms with Crippen LogP contribution < -0.4 is 24.8 Å². The molecule has 0 aliphatic carbocycles. The van der Waals surface area contributed by atoms with Gasteiger partial charge in [0.1, 0.15) is 5.75 Å². The topological polar surface area (TPSA) is 112 Å². The van der Waals surface area contributed by atoms with Gasteiger partial charge in [0.2, 0.25) is 0 Å². The zero-order valence-electron chi connectivity index (χ0n) is 20.9. The third-order valence-corrected chi connectivity index (χ3v) is 6.33. The lowest BCUT2D eigenvalue weighted by molar-refractivity contribution is -0.119. The van der Waals surface area contributed by atoms with Crippen molar-refractivity contribution in [3.63, 3.8) is 0 Å². The maximum absolute atomic E-state index is 12.8. The number of carbonyl (C=O) groups is 3. The Kier molecular flexibility index (Phi) is 9.03. The summed E-state index contributed by atoms with van der Waals surface area (Å²) in [6, 6.07) is 20.0. The van der Waals surface area contributed by atoms with Gasteiger partial charge in [0.25, 0.3) is 11.8 Å². The molecule has 4 rings (SSSR count). The van der Waals surface area contributed by atoms with Crippen molar-refractivity contribution in [1.29, 1.82) is 0 Å². The summed E-state index contributed by atoms with van der Waals surface area (Å²) >= 11 is 7.36. The molecule has 0 fully saturated rings. The van der Waals surface area contributed by atoms with Gasteiger partial charge in [-0.25, -0.2) is 4.79 Å². The highest BCUT2D eigenvalue weighted by Gasteiger charge is 2.21. The first-order valence-corrected chi connectivity index (χ1v) is 12.7. The van der Waals surface area contributed by atoms with Gasteiger partial charge in [-0.2, -0.15) is 0 Å². The van der Waals surface area contributed by atoms with Crippen LogP contribution in [0.2, 0.25) is 5.02 Å². The van der Waals surface area contributed by atoms with E-state index in [4.69, 9.17) is 30.5 Å². The summed E-state index contributed by atoms with van der Waals surface area (Å²) in [5.41, 5.74) is 0.545. The molecular weight excluding hydrogens is 544 g/mol. The van der Waals surface area contributed by atoms with E-state index in [9.17, 15) is 14.4 Å². The summed E-state index contributed by atoms with van der Waals surface area (Å²) in [5, 5.41) is 7.51. The number of amides is 2. The van der Waals surface area contributed by atoms with Gasteiger partial charge in [-0.3, -0.25) is 9.59 Å². The molecule has 0 aliphatic rings. The molecule has 0 aliphatic heterocycles. The second-order valence-corrected chi connectivity index (χ2v) is 9.25. The average Bonchev–Trinajstić information content (AvgIpc) is 3.49. The van der Waals surface area contributed by atoms with E-state index in [-0.39, 0.29) is 28.7 Å². The van der Waals surface area contributed by atoms with Gasteiger partial charge < -0.3 is 29.6 Å². The second-order valence-electron chi connectivity index (χ2n) is 7.87. The minimum Gasteiger partial charge on any atom is -0.493 e. The van der Waals surface area contributed by atoms with Crippen LogP contribution in [0.1, 0.15) is 20.0 Å². The quantitative estimate of drug-likeness (QED) is 0.218. The molecule has 9 nitrogen and oxygen atoms in total. The predicted octanol–water partition coefficient (Wildman–Crippen LogP) is 6.26. The Bertz CT molecular complexity index is 1480. The number of thiophene rings is 1. The fourth-order valence-electron chi connectivity index (χ4n) is 3.47. The number of carbonyl (C=O) groups excluding carboxylic acids is 3. The smallest absolute Gasteiger partial charge is 0.338 e. The minimum atomic E-state index is -0.815. The zero-order valence-corrected chi connectivity index (χ0v) is 22.4. The number of benzene rings is 3. The Balaban J connectivity index is 1.46. The molecule has 1 heterocycles. The number of hydrogen-bond acceptors (Lipinski definition) is 8. The van der Waals surface area contributed by atoms with Gasteiger partial charge in [-0.15, -0.1) is 11.3 Å². The lowest BCUT2D eigenvalue weighted by Gasteiger charge is -2.15. The number of anilines is 2. The predicted molar refractivity (Wildman–Crippen MR) is 149 cm³/mol. The number of hydrogen-bond donors (Lipinski definition) is 2. The van der Waals surface area contributed by atoms with Crippen molar-refractivity contribution in [3.8, 4) is 23.0 Å². The average molecular weight is 567 g/mol. The van der Waals surface area contributed by atoms with Crippen LogP contribution in [0.3, 0.4) is 0 Å². The van der Waals surface area contributed by atoms with E-state index >= 15 is 0 Å². The summed E-state index contributed by atoms with van der Waals surface area (Å²) in [7, 11) is 2.80. The third-order valence-electron chi connectivity index (χ3n) is 5.23. The Hall–Kier alpha value is -4.54. The molecule has 3 aromatic carbocycles. The lowest BCUT2D eigenvalue weighted by Crippen LogP contribution is -2.21. The van der Waals surface area contributed by atoms with Gasteiger partial charge in [0.05, 0.1) is 36.0 Å². The molecule has 11 heteroatoms. The molecule has 200 valence electrons. The maximum atomic E-state index is 12.8. The molecule has 0 unspecified atom stereocenters. The van der Waals surface area contributed by atoms with Crippen molar-refractivity contribution in [1.82, 2.24) is 0 Å². The summed E-state index contributed by atoms with van der Waals surface area (Å²) < 4.78 is 21.8. The molecule has 0 radical (unpaired) electrons. The zero-order chi connectivity index (χ0) is 27.8. The van der Waals surface area contributed by atoms with Gasteiger partial charge in [-0.05, 0) is 53.9 Å². The maximum Gasteiger partial charge on any atom is 0.338 e. The number of rotatable bonds is 10. The van der Waals surface area contributed by atoms with Crippen LogP contribution in [0.4, 0.5) is 11.4 Å². The fraction of sp³-hybridized carbons (Fsp3) is 0.107. The number of nitrogens with one attached hydrogen (secondary N) is 2. The number of esters is 1. The van der Waals surface area contributed by atoms with Crippen molar-refractivity contribution in [2.45, 2.75) is 0 Å².